The number of thiophene rings is 1. The Morgan fingerprint density at radius 1 is 1.21 bits per heavy atom. The maximum atomic E-state index is 13.5. The molecular weight excluding hydrogens is 327 g/mol. The van der Waals surface area contributed by atoms with Crippen molar-refractivity contribution in [1.29, 1.82) is 0 Å². The van der Waals surface area contributed by atoms with Gasteiger partial charge in [0.25, 0.3) is 0 Å². The van der Waals surface area contributed by atoms with Gasteiger partial charge in [0, 0.05) is 9.75 Å². The van der Waals surface area contributed by atoms with Gasteiger partial charge in [-0.1, -0.05) is 26.8 Å². The minimum absolute atomic E-state index is 0.0631. The van der Waals surface area contributed by atoms with Crippen molar-refractivity contribution in [3.63, 3.8) is 0 Å². The van der Waals surface area contributed by atoms with E-state index in [9.17, 15) is 9.50 Å². The van der Waals surface area contributed by atoms with E-state index in [4.69, 9.17) is 0 Å². The maximum absolute atomic E-state index is 13.5. The highest BCUT2D eigenvalue weighted by Crippen LogP contribution is 2.35. The van der Waals surface area contributed by atoms with Gasteiger partial charge in [0.2, 0.25) is 0 Å². The summed E-state index contributed by atoms with van der Waals surface area (Å²) in [7, 11) is 0. The zero-order chi connectivity index (χ0) is 14.2. The summed E-state index contributed by atoms with van der Waals surface area (Å²) >= 11 is 4.68. The van der Waals surface area contributed by atoms with E-state index in [0.29, 0.717) is 10.0 Å². The molecule has 2 aromatic rings. The lowest BCUT2D eigenvalue weighted by molar-refractivity contribution is 0.223. The van der Waals surface area contributed by atoms with Crippen molar-refractivity contribution in [2.45, 2.75) is 32.3 Å². The van der Waals surface area contributed by atoms with Crippen molar-refractivity contribution in [3.05, 3.63) is 55.9 Å². The van der Waals surface area contributed by atoms with Crippen LogP contribution in [-0.2, 0) is 5.41 Å². The summed E-state index contributed by atoms with van der Waals surface area (Å²) in [6, 6.07) is 8.65. The molecule has 4 heteroatoms. The Kier molecular flexibility index (Phi) is 4.14. The fraction of sp³-hybridized carbons (Fsp3) is 0.333. The number of hydrogen-bond donors (Lipinski definition) is 1. The lowest BCUT2D eigenvalue weighted by Crippen LogP contribution is -2.07. The van der Waals surface area contributed by atoms with E-state index in [2.05, 4.69) is 36.7 Å². The highest BCUT2D eigenvalue weighted by molar-refractivity contribution is 9.10. The molecule has 0 amide bonds. The van der Waals surface area contributed by atoms with E-state index in [-0.39, 0.29) is 11.2 Å². The van der Waals surface area contributed by atoms with Crippen molar-refractivity contribution < 1.29 is 9.50 Å². The summed E-state index contributed by atoms with van der Waals surface area (Å²) in [5.41, 5.74) is 0.635. The van der Waals surface area contributed by atoms with Crippen molar-refractivity contribution in [3.8, 4) is 0 Å². The van der Waals surface area contributed by atoms with E-state index < -0.39 is 6.10 Å². The molecule has 1 nitrogen and oxygen atoms in total. The van der Waals surface area contributed by atoms with E-state index in [1.807, 2.05) is 12.1 Å². The number of rotatable bonds is 2. The Morgan fingerprint density at radius 3 is 2.42 bits per heavy atom. The van der Waals surface area contributed by atoms with Gasteiger partial charge in [-0.05, 0) is 51.2 Å². The molecule has 0 aliphatic heterocycles. The van der Waals surface area contributed by atoms with E-state index in [0.717, 1.165) is 4.88 Å². The molecule has 0 bridgehead atoms. The average Bonchev–Trinajstić information content (AvgIpc) is 2.81. The second-order valence-corrected chi connectivity index (χ2v) is 7.50. The first-order valence-electron chi connectivity index (χ1n) is 6.02. The van der Waals surface area contributed by atoms with Gasteiger partial charge >= 0.3 is 0 Å². The van der Waals surface area contributed by atoms with Gasteiger partial charge in [-0.3, -0.25) is 0 Å². The summed E-state index contributed by atoms with van der Waals surface area (Å²) < 4.78 is 13.9. The Labute approximate surface area is 125 Å². The number of aliphatic hydroxyl groups is 1. The first kappa shape index (κ1) is 14.7. The van der Waals surface area contributed by atoms with Crippen LogP contribution in [0.4, 0.5) is 4.39 Å². The molecular formula is C15H16BrFOS. The summed E-state index contributed by atoms with van der Waals surface area (Å²) in [6.45, 7) is 6.40. The molecule has 19 heavy (non-hydrogen) atoms. The van der Waals surface area contributed by atoms with Crippen LogP contribution in [0.5, 0.6) is 0 Å². The van der Waals surface area contributed by atoms with Crippen LogP contribution in [0.2, 0.25) is 0 Å². The van der Waals surface area contributed by atoms with Gasteiger partial charge in [0.05, 0.1) is 4.47 Å². The number of aliphatic hydroxyl groups excluding tert-OH is 1. The molecule has 1 unspecified atom stereocenters. The third-order valence-electron chi connectivity index (χ3n) is 2.89. The van der Waals surface area contributed by atoms with Crippen molar-refractivity contribution >= 4 is 27.3 Å². The molecule has 1 aromatic carbocycles. The van der Waals surface area contributed by atoms with Crippen LogP contribution in [0, 0.1) is 5.82 Å². The Morgan fingerprint density at radius 2 is 1.89 bits per heavy atom. The molecule has 0 saturated heterocycles. The molecule has 0 saturated carbocycles. The monoisotopic (exact) mass is 342 g/mol. The van der Waals surface area contributed by atoms with Crippen LogP contribution in [0.1, 0.15) is 42.2 Å². The van der Waals surface area contributed by atoms with Gasteiger partial charge in [0.15, 0.2) is 0 Å². The average molecular weight is 343 g/mol. The topological polar surface area (TPSA) is 20.2 Å². The quantitative estimate of drug-likeness (QED) is 0.811. The third kappa shape index (κ3) is 3.25. The zero-order valence-electron chi connectivity index (χ0n) is 11.1. The predicted molar refractivity (Wildman–Crippen MR) is 81.2 cm³/mol. The second-order valence-electron chi connectivity index (χ2n) is 5.53. The summed E-state index contributed by atoms with van der Waals surface area (Å²) in [4.78, 5) is 2.05. The molecule has 1 atom stereocenters. The van der Waals surface area contributed by atoms with Gasteiger partial charge in [-0.2, -0.15) is 0 Å². The largest absolute Gasteiger partial charge is 0.383 e. The standard InChI is InChI=1S/C15H16BrFOS/c1-15(2,3)13-7-6-12(19-13)14(18)9-4-5-10(16)11(17)8-9/h4-8,14,18H,1-3H3. The van der Waals surface area contributed by atoms with Crippen molar-refractivity contribution in [2.24, 2.45) is 0 Å². The molecule has 1 heterocycles. The van der Waals surface area contributed by atoms with Crippen molar-refractivity contribution in [1.82, 2.24) is 0 Å². The molecule has 0 radical (unpaired) electrons. The van der Waals surface area contributed by atoms with E-state index in [1.165, 1.54) is 10.9 Å². The fourth-order valence-corrected chi connectivity index (χ4v) is 3.08. The van der Waals surface area contributed by atoms with Crippen LogP contribution in [0.25, 0.3) is 0 Å². The minimum Gasteiger partial charge on any atom is -0.383 e. The molecule has 102 valence electrons. The van der Waals surface area contributed by atoms with Gasteiger partial charge in [0.1, 0.15) is 11.9 Å². The SMILES string of the molecule is CC(C)(C)c1ccc(C(O)c2ccc(Br)c(F)c2)s1. The number of hydrogen-bond acceptors (Lipinski definition) is 2. The molecule has 0 aliphatic rings. The van der Waals surface area contributed by atoms with Gasteiger partial charge in [-0.25, -0.2) is 4.39 Å². The fourth-order valence-electron chi connectivity index (χ4n) is 1.75. The van der Waals surface area contributed by atoms with Crippen LogP contribution >= 0.6 is 27.3 Å². The van der Waals surface area contributed by atoms with Crippen LogP contribution in [-0.4, -0.2) is 5.11 Å². The van der Waals surface area contributed by atoms with E-state index in [1.54, 1.807) is 23.5 Å². The summed E-state index contributed by atoms with van der Waals surface area (Å²) in [5.74, 6) is -0.357. The van der Waals surface area contributed by atoms with Gasteiger partial charge < -0.3 is 5.11 Å². The summed E-state index contributed by atoms with van der Waals surface area (Å²) in [5, 5.41) is 10.3. The lowest BCUT2D eigenvalue weighted by Gasteiger charge is -2.16. The minimum atomic E-state index is -0.774. The maximum Gasteiger partial charge on any atom is 0.137 e. The summed E-state index contributed by atoms with van der Waals surface area (Å²) in [6.07, 6.45) is -0.774. The molecule has 1 aromatic heterocycles. The number of halogens is 2. The third-order valence-corrected chi connectivity index (χ3v) is 5.10. The molecule has 0 aliphatic carbocycles. The Balaban J connectivity index is 2.31. The highest BCUT2D eigenvalue weighted by Gasteiger charge is 2.20. The van der Waals surface area contributed by atoms with Crippen LogP contribution in [0.15, 0.2) is 34.8 Å². The predicted octanol–water partition coefficient (Wildman–Crippen LogP) is 5.03. The van der Waals surface area contributed by atoms with Crippen LogP contribution < -0.4 is 0 Å². The molecule has 2 rings (SSSR count). The second kappa shape index (κ2) is 5.35. The van der Waals surface area contributed by atoms with E-state index >= 15 is 0 Å². The molecule has 1 N–H and O–H groups in total. The lowest BCUT2D eigenvalue weighted by atomic mass is 9.95. The smallest absolute Gasteiger partial charge is 0.137 e. The van der Waals surface area contributed by atoms with Crippen molar-refractivity contribution in [2.75, 3.05) is 0 Å². The van der Waals surface area contributed by atoms with Gasteiger partial charge in [-0.15, -0.1) is 11.3 Å². The van der Waals surface area contributed by atoms with Crippen LogP contribution in [0.3, 0.4) is 0 Å². The first-order chi connectivity index (χ1) is 8.79. The first-order valence-corrected chi connectivity index (χ1v) is 7.63. The Hall–Kier alpha value is -0.710. The zero-order valence-corrected chi connectivity index (χ0v) is 13.5. The normalized spacial score (nSPS) is 13.6. The Bertz CT molecular complexity index is 586. The highest BCUT2D eigenvalue weighted by atomic mass is 79.9. The number of benzene rings is 1. The molecule has 0 fully saturated rings. The molecule has 0 spiro atoms.